The number of benzene rings is 1. The van der Waals surface area contributed by atoms with Crippen LogP contribution in [0.4, 0.5) is 0 Å². The van der Waals surface area contributed by atoms with E-state index in [1.807, 2.05) is 40.0 Å². The Labute approximate surface area is 196 Å². The van der Waals surface area contributed by atoms with E-state index in [-0.39, 0.29) is 5.76 Å². The highest BCUT2D eigenvalue weighted by Gasteiger charge is 2.30. The van der Waals surface area contributed by atoms with Crippen molar-refractivity contribution < 1.29 is 24.5 Å². The number of H-pyrrole nitrogens is 1. The van der Waals surface area contributed by atoms with Crippen molar-refractivity contribution in [3.63, 3.8) is 0 Å². The van der Waals surface area contributed by atoms with Gasteiger partial charge in [-0.3, -0.25) is 19.1 Å². The first-order valence-corrected chi connectivity index (χ1v) is 10.9. The van der Waals surface area contributed by atoms with Crippen LogP contribution in [-0.4, -0.2) is 51.7 Å². The van der Waals surface area contributed by atoms with Gasteiger partial charge in [-0.15, -0.1) is 0 Å². The molecule has 1 aromatic carbocycles. The van der Waals surface area contributed by atoms with E-state index in [2.05, 4.69) is 10.3 Å². The maximum atomic E-state index is 11.9. The maximum absolute atomic E-state index is 11.9. The highest BCUT2D eigenvalue weighted by Crippen LogP contribution is 2.24. The molecule has 10 heteroatoms. The van der Waals surface area contributed by atoms with Crippen LogP contribution in [0.15, 0.2) is 39.8 Å². The number of carboxylic acids is 1. The van der Waals surface area contributed by atoms with Crippen LogP contribution in [0.25, 0.3) is 0 Å². The first-order valence-electron chi connectivity index (χ1n) is 10.9. The van der Waals surface area contributed by atoms with Gasteiger partial charge in [0, 0.05) is 11.8 Å². The monoisotopic (exact) mass is 473 g/mol. The summed E-state index contributed by atoms with van der Waals surface area (Å²) >= 11 is 0. The van der Waals surface area contributed by atoms with Gasteiger partial charge in [-0.2, -0.15) is 0 Å². The predicted molar refractivity (Wildman–Crippen MR) is 126 cm³/mol. The largest absolute Gasteiger partial charge is 0.478 e. The fourth-order valence-electron chi connectivity index (χ4n) is 3.82. The number of hydrogen-bond acceptors (Lipinski definition) is 7. The summed E-state index contributed by atoms with van der Waals surface area (Å²) in [5, 5.41) is 21.7. The van der Waals surface area contributed by atoms with Crippen LogP contribution in [0.5, 0.6) is 0 Å². The van der Waals surface area contributed by atoms with Crippen LogP contribution in [0.3, 0.4) is 0 Å². The van der Waals surface area contributed by atoms with Crippen LogP contribution < -0.4 is 16.6 Å². The Balaban J connectivity index is 0.000000287. The van der Waals surface area contributed by atoms with Crippen LogP contribution in [0.1, 0.15) is 51.7 Å². The summed E-state index contributed by atoms with van der Waals surface area (Å²) in [6.45, 7) is 6.45. The molecule has 3 rings (SSSR count). The van der Waals surface area contributed by atoms with Gasteiger partial charge in [-0.05, 0) is 70.8 Å². The SMILES string of the molecule is CNCCCCc1cn(C2OC(C=O)=CC2O)c(=O)[nH]c1=O.Cc1cc(C)c(C(=O)O)c(C)c1. The Morgan fingerprint density at radius 1 is 1.21 bits per heavy atom. The summed E-state index contributed by atoms with van der Waals surface area (Å²) < 4.78 is 6.31. The number of allylic oxidation sites excluding steroid dienone is 1. The zero-order chi connectivity index (χ0) is 25.4. The van der Waals surface area contributed by atoms with Crippen LogP contribution in [0.2, 0.25) is 0 Å². The summed E-state index contributed by atoms with van der Waals surface area (Å²) in [4.78, 5) is 47.4. The Bertz CT molecular complexity index is 1160. The second kappa shape index (κ2) is 12.1. The number of aromatic amines is 1. The number of hydrogen-bond donors (Lipinski definition) is 4. The Kier molecular flexibility index (Phi) is 9.52. The number of carbonyl (C=O) groups excluding carboxylic acids is 1. The molecular weight excluding hydrogens is 442 g/mol. The molecule has 1 aliphatic heterocycles. The van der Waals surface area contributed by atoms with Gasteiger partial charge in [-0.1, -0.05) is 17.7 Å². The first kappa shape index (κ1) is 26.7. The summed E-state index contributed by atoms with van der Waals surface area (Å²) in [5.74, 6) is -0.879. The number of rotatable bonds is 8. The van der Waals surface area contributed by atoms with E-state index in [1.54, 1.807) is 0 Å². The van der Waals surface area contributed by atoms with Crippen molar-refractivity contribution in [1.29, 1.82) is 0 Å². The number of ether oxygens (including phenoxy) is 1. The molecule has 2 heterocycles. The average molecular weight is 474 g/mol. The Morgan fingerprint density at radius 3 is 2.38 bits per heavy atom. The Hall–Kier alpha value is -3.50. The molecule has 34 heavy (non-hydrogen) atoms. The highest BCUT2D eigenvalue weighted by molar-refractivity contribution is 5.91. The lowest BCUT2D eigenvalue weighted by Gasteiger charge is -2.18. The number of nitrogens with zero attached hydrogens (tertiary/aromatic N) is 1. The molecule has 2 atom stereocenters. The smallest absolute Gasteiger partial charge is 0.336 e. The molecule has 0 aliphatic carbocycles. The first-order chi connectivity index (χ1) is 16.1. The minimum Gasteiger partial charge on any atom is -0.478 e. The number of aromatic nitrogens is 2. The normalized spacial score (nSPS) is 16.8. The van der Waals surface area contributed by atoms with Crippen LogP contribution >= 0.6 is 0 Å². The quantitative estimate of drug-likeness (QED) is 0.331. The van der Waals surface area contributed by atoms with Crippen molar-refractivity contribution in [2.75, 3.05) is 13.6 Å². The number of aromatic carboxylic acids is 1. The number of aldehydes is 1. The topological polar surface area (TPSA) is 151 Å². The molecule has 184 valence electrons. The van der Waals surface area contributed by atoms with E-state index in [0.717, 1.165) is 40.6 Å². The zero-order valence-electron chi connectivity index (χ0n) is 19.8. The third kappa shape index (κ3) is 6.75. The molecule has 2 unspecified atom stereocenters. The number of aliphatic hydroxyl groups is 1. The van der Waals surface area contributed by atoms with Gasteiger partial charge in [0.1, 0.15) is 6.10 Å². The molecule has 0 saturated carbocycles. The summed E-state index contributed by atoms with van der Waals surface area (Å²) in [5.41, 5.74) is 2.51. The molecule has 0 saturated heterocycles. The number of carbonyl (C=O) groups is 2. The highest BCUT2D eigenvalue weighted by atomic mass is 16.5. The standard InChI is InChI=1S/C14H19N3O5.C10H12O2/c1-15-5-3-2-4-9-7-17(14(21)16-12(9)20)13-11(19)6-10(8-18)22-13;1-6-4-7(2)9(10(11)12)8(3)5-6/h6-8,11,13,15,19H,2-5H2,1H3,(H,16,20,21);4-5H,1-3H3,(H,11,12). The van der Waals surface area contributed by atoms with Crippen molar-refractivity contribution in [2.45, 2.75) is 52.4 Å². The number of unbranched alkanes of at least 4 members (excludes halogenated alkanes) is 1. The number of aliphatic hydroxyl groups excluding tert-OH is 1. The molecule has 4 N–H and O–H groups in total. The lowest BCUT2D eigenvalue weighted by molar-refractivity contribution is -0.109. The molecule has 1 aromatic heterocycles. The minimum absolute atomic E-state index is 0.0360. The minimum atomic E-state index is -1.12. The fraction of sp³-hybridized carbons (Fsp3) is 0.417. The molecule has 0 radical (unpaired) electrons. The maximum Gasteiger partial charge on any atom is 0.336 e. The molecule has 0 spiro atoms. The number of aryl methyl sites for hydroxylation is 4. The molecule has 0 bridgehead atoms. The van der Waals surface area contributed by atoms with Gasteiger partial charge in [-0.25, -0.2) is 9.59 Å². The van der Waals surface area contributed by atoms with Crippen LogP contribution in [0, 0.1) is 20.8 Å². The van der Waals surface area contributed by atoms with Crippen molar-refractivity contribution in [3.8, 4) is 0 Å². The van der Waals surface area contributed by atoms with Gasteiger partial charge < -0.3 is 20.3 Å². The fourth-order valence-corrected chi connectivity index (χ4v) is 3.82. The lowest BCUT2D eigenvalue weighted by atomic mass is 10.0. The van der Waals surface area contributed by atoms with Gasteiger partial charge in [0.15, 0.2) is 12.0 Å². The van der Waals surface area contributed by atoms with Crippen molar-refractivity contribution >= 4 is 12.3 Å². The van der Waals surface area contributed by atoms with E-state index in [0.29, 0.717) is 23.8 Å². The van der Waals surface area contributed by atoms with Crippen LogP contribution in [-0.2, 0) is 16.0 Å². The average Bonchev–Trinajstić information content (AvgIpc) is 3.12. The summed E-state index contributed by atoms with van der Waals surface area (Å²) in [6.07, 6.45) is 3.09. The van der Waals surface area contributed by atoms with Crippen molar-refractivity contribution in [3.05, 3.63) is 78.8 Å². The van der Waals surface area contributed by atoms with Gasteiger partial charge in [0.05, 0.1) is 5.56 Å². The predicted octanol–water partition coefficient (Wildman–Crippen LogP) is 1.36. The van der Waals surface area contributed by atoms with Gasteiger partial charge in [0.2, 0.25) is 6.23 Å². The second-order valence-electron chi connectivity index (χ2n) is 8.15. The molecular formula is C24H31N3O7. The molecule has 2 aromatic rings. The van der Waals surface area contributed by atoms with Crippen molar-refractivity contribution in [1.82, 2.24) is 14.9 Å². The second-order valence-corrected chi connectivity index (χ2v) is 8.15. The van der Waals surface area contributed by atoms with Gasteiger partial charge in [0.25, 0.3) is 5.56 Å². The Morgan fingerprint density at radius 2 is 1.85 bits per heavy atom. The van der Waals surface area contributed by atoms with Gasteiger partial charge >= 0.3 is 11.7 Å². The molecule has 0 fully saturated rings. The van der Waals surface area contributed by atoms with E-state index in [9.17, 15) is 24.3 Å². The van der Waals surface area contributed by atoms with E-state index >= 15 is 0 Å². The molecule has 0 amide bonds. The number of nitrogens with one attached hydrogen (secondary N) is 2. The number of carboxylic acid groups (broad SMARTS) is 1. The van der Waals surface area contributed by atoms with E-state index < -0.39 is 29.6 Å². The lowest BCUT2D eigenvalue weighted by Crippen LogP contribution is -2.37. The zero-order valence-corrected chi connectivity index (χ0v) is 19.8. The summed E-state index contributed by atoms with van der Waals surface area (Å²) in [7, 11) is 1.85. The molecule has 10 nitrogen and oxygen atoms in total. The van der Waals surface area contributed by atoms with Crippen molar-refractivity contribution in [2.24, 2.45) is 0 Å². The molecule has 1 aliphatic rings. The third-order valence-corrected chi connectivity index (χ3v) is 5.33. The third-order valence-electron chi connectivity index (χ3n) is 5.33. The van der Waals surface area contributed by atoms with E-state index in [1.165, 1.54) is 12.3 Å². The summed E-state index contributed by atoms with van der Waals surface area (Å²) in [6, 6.07) is 3.77. The van der Waals surface area contributed by atoms with E-state index in [4.69, 9.17) is 9.84 Å².